The lowest BCUT2D eigenvalue weighted by atomic mass is 9.87. The summed E-state index contributed by atoms with van der Waals surface area (Å²) in [5.74, 6) is 0.870. The third kappa shape index (κ3) is 5.01. The smallest absolute Gasteiger partial charge is 0.266 e. The summed E-state index contributed by atoms with van der Waals surface area (Å²) >= 11 is 6.40. The molecule has 0 amide bonds. The Morgan fingerprint density at radius 1 is 1.00 bits per heavy atom. The average molecular weight is 540 g/mol. The fourth-order valence-electron chi connectivity index (χ4n) is 4.12. The van der Waals surface area contributed by atoms with Gasteiger partial charge in [-0.15, -0.1) is 0 Å². The lowest BCUT2D eigenvalue weighted by molar-refractivity contribution is 0.379. The van der Waals surface area contributed by atoms with Crippen molar-refractivity contribution in [3.63, 3.8) is 0 Å². The van der Waals surface area contributed by atoms with Crippen LogP contribution in [-0.2, 0) is 15.4 Å². The molecular weight excluding hydrogens is 510 g/mol. The Hall–Kier alpha value is -3.20. The van der Waals surface area contributed by atoms with Crippen molar-refractivity contribution in [1.82, 2.24) is 13.9 Å². The molecule has 3 aromatic carbocycles. The lowest BCUT2D eigenvalue weighted by Gasteiger charge is -2.27. The van der Waals surface area contributed by atoms with Crippen molar-refractivity contribution < 1.29 is 13.2 Å². The first-order valence-corrected chi connectivity index (χ1v) is 13.6. The molecule has 1 unspecified atom stereocenters. The van der Waals surface area contributed by atoms with E-state index in [4.69, 9.17) is 21.3 Å². The van der Waals surface area contributed by atoms with Crippen LogP contribution in [0.15, 0.2) is 76.4 Å². The zero-order valence-electron chi connectivity index (χ0n) is 21.7. The molecule has 0 spiro atoms. The van der Waals surface area contributed by atoms with Crippen LogP contribution in [0.2, 0.25) is 5.02 Å². The molecule has 4 aromatic rings. The fraction of sp³-hybridized carbons (Fsp3) is 0.286. The monoisotopic (exact) mass is 539 g/mol. The number of ether oxygens (including phenoxy) is 1. The number of benzene rings is 3. The van der Waals surface area contributed by atoms with E-state index in [1.165, 1.54) is 15.9 Å². The molecule has 1 heterocycles. The molecule has 1 atom stereocenters. The van der Waals surface area contributed by atoms with Gasteiger partial charge in [-0.05, 0) is 66.4 Å². The minimum absolute atomic E-state index is 0.107. The van der Waals surface area contributed by atoms with Gasteiger partial charge < -0.3 is 4.74 Å². The third-order valence-corrected chi connectivity index (χ3v) is 8.77. The maximum Gasteiger partial charge on any atom is 0.266 e. The van der Waals surface area contributed by atoms with Crippen LogP contribution in [0.1, 0.15) is 45.1 Å². The Morgan fingerprint density at radius 3 is 2.19 bits per heavy atom. The number of nitrogens with zero attached hydrogens (tertiary/aromatic N) is 3. The molecule has 0 saturated carbocycles. The van der Waals surface area contributed by atoms with Gasteiger partial charge in [-0.25, -0.2) is 13.4 Å². The number of hydrogen-bond acceptors (Lipinski definition) is 5. The van der Waals surface area contributed by atoms with Crippen LogP contribution in [0.4, 0.5) is 0 Å². The highest BCUT2D eigenvalue weighted by molar-refractivity contribution is 7.89. The maximum absolute atomic E-state index is 13.7. The van der Waals surface area contributed by atoms with Gasteiger partial charge in [0, 0.05) is 7.05 Å². The number of methoxy groups -OCH3 is 1. The van der Waals surface area contributed by atoms with Gasteiger partial charge in [-0.2, -0.15) is 4.31 Å². The van der Waals surface area contributed by atoms with Crippen molar-refractivity contribution in [3.05, 3.63) is 93.5 Å². The standard InChI is InChI=1S/C28H30ClN3O4S/c1-18(31(5)37(34,35)22-16-10-19(11-17-22)28(2,3)4)26-30-25-23(8-7-9-24(25)29)27(33)32(26)20-12-14-21(36-6)15-13-20/h7-18H,1-6H3. The largest absolute Gasteiger partial charge is 0.497 e. The Bertz CT molecular complexity index is 1610. The number of sulfonamides is 1. The Morgan fingerprint density at radius 2 is 1.62 bits per heavy atom. The molecule has 0 aliphatic heterocycles. The number of para-hydroxylation sites is 1. The van der Waals surface area contributed by atoms with Gasteiger partial charge in [0.2, 0.25) is 10.0 Å². The quantitative estimate of drug-likeness (QED) is 0.313. The summed E-state index contributed by atoms with van der Waals surface area (Å²) in [5.41, 5.74) is 1.43. The van der Waals surface area contributed by atoms with Crippen LogP contribution in [-0.4, -0.2) is 36.4 Å². The SMILES string of the molecule is COc1ccc(-n2c(C(C)N(C)S(=O)(=O)c3ccc(C(C)(C)C)cc3)nc3c(Cl)cccc3c2=O)cc1. The second kappa shape index (κ2) is 9.93. The second-order valence-corrected chi connectivity index (χ2v) is 12.3. The number of rotatable bonds is 6. The van der Waals surface area contributed by atoms with Crippen LogP contribution >= 0.6 is 11.6 Å². The third-order valence-electron chi connectivity index (χ3n) is 6.52. The van der Waals surface area contributed by atoms with Crippen LogP contribution in [0.3, 0.4) is 0 Å². The van der Waals surface area contributed by atoms with E-state index < -0.39 is 16.1 Å². The Kier molecular flexibility index (Phi) is 7.21. The van der Waals surface area contributed by atoms with E-state index in [-0.39, 0.29) is 21.7 Å². The van der Waals surface area contributed by atoms with Crippen LogP contribution in [0.25, 0.3) is 16.6 Å². The Balaban J connectivity index is 1.87. The summed E-state index contributed by atoms with van der Waals surface area (Å²) in [6.07, 6.45) is 0. The molecule has 0 fully saturated rings. The van der Waals surface area contributed by atoms with Gasteiger partial charge in [-0.1, -0.05) is 50.6 Å². The van der Waals surface area contributed by atoms with Crippen molar-refractivity contribution in [2.75, 3.05) is 14.2 Å². The molecular formula is C28H30ClN3O4S. The first-order chi connectivity index (χ1) is 17.4. The molecule has 37 heavy (non-hydrogen) atoms. The van der Waals surface area contributed by atoms with Gasteiger partial charge in [0.1, 0.15) is 11.6 Å². The molecule has 9 heteroatoms. The summed E-state index contributed by atoms with van der Waals surface area (Å²) in [4.78, 5) is 18.6. The van der Waals surface area contributed by atoms with Gasteiger partial charge >= 0.3 is 0 Å². The van der Waals surface area contributed by atoms with E-state index in [1.807, 2.05) is 12.1 Å². The molecule has 0 bridgehead atoms. The first-order valence-electron chi connectivity index (χ1n) is 11.8. The second-order valence-electron chi connectivity index (χ2n) is 9.92. The molecule has 7 nitrogen and oxygen atoms in total. The van der Waals surface area contributed by atoms with E-state index in [9.17, 15) is 13.2 Å². The molecule has 0 aliphatic rings. The summed E-state index contributed by atoms with van der Waals surface area (Å²) < 4.78 is 35.2. The van der Waals surface area contributed by atoms with Gasteiger partial charge in [0.25, 0.3) is 5.56 Å². The summed E-state index contributed by atoms with van der Waals surface area (Å²) in [7, 11) is -0.867. The van der Waals surface area contributed by atoms with Crippen LogP contribution in [0, 0.1) is 0 Å². The predicted molar refractivity (Wildman–Crippen MR) is 147 cm³/mol. The average Bonchev–Trinajstić information content (AvgIpc) is 2.88. The van der Waals surface area contributed by atoms with Crippen molar-refractivity contribution in [2.24, 2.45) is 0 Å². The fourth-order valence-corrected chi connectivity index (χ4v) is 5.66. The summed E-state index contributed by atoms with van der Waals surface area (Å²) in [6, 6.07) is 18.0. The van der Waals surface area contributed by atoms with E-state index >= 15 is 0 Å². The first kappa shape index (κ1) is 26.9. The number of fused-ring (bicyclic) bond motifs is 1. The molecule has 0 N–H and O–H groups in total. The van der Waals surface area contributed by atoms with E-state index in [2.05, 4.69) is 20.8 Å². The lowest BCUT2D eigenvalue weighted by Crippen LogP contribution is -2.35. The van der Waals surface area contributed by atoms with Crippen molar-refractivity contribution >= 4 is 32.5 Å². The molecule has 4 rings (SSSR count). The van der Waals surface area contributed by atoms with Gasteiger partial charge in [-0.3, -0.25) is 9.36 Å². The topological polar surface area (TPSA) is 81.5 Å². The molecule has 0 radical (unpaired) electrons. The zero-order valence-corrected chi connectivity index (χ0v) is 23.3. The number of halogens is 1. The zero-order chi connectivity index (χ0) is 27.1. The minimum Gasteiger partial charge on any atom is -0.497 e. The molecule has 1 aromatic heterocycles. The normalized spacial score (nSPS) is 13.2. The van der Waals surface area contributed by atoms with Crippen LogP contribution < -0.4 is 10.3 Å². The summed E-state index contributed by atoms with van der Waals surface area (Å²) in [5, 5.41) is 0.649. The van der Waals surface area contributed by atoms with Gasteiger partial charge in [0.05, 0.1) is 39.7 Å². The van der Waals surface area contributed by atoms with Crippen molar-refractivity contribution in [2.45, 2.75) is 44.0 Å². The highest BCUT2D eigenvalue weighted by Gasteiger charge is 2.30. The van der Waals surface area contributed by atoms with E-state index in [0.29, 0.717) is 27.4 Å². The molecule has 0 aliphatic carbocycles. The highest BCUT2D eigenvalue weighted by Crippen LogP contribution is 2.30. The highest BCUT2D eigenvalue weighted by atomic mass is 35.5. The van der Waals surface area contributed by atoms with E-state index in [1.54, 1.807) is 68.6 Å². The minimum atomic E-state index is -3.91. The van der Waals surface area contributed by atoms with Crippen molar-refractivity contribution in [3.8, 4) is 11.4 Å². The number of aromatic nitrogens is 2. The number of hydrogen-bond donors (Lipinski definition) is 0. The van der Waals surface area contributed by atoms with E-state index in [0.717, 1.165) is 5.56 Å². The summed E-state index contributed by atoms with van der Waals surface area (Å²) in [6.45, 7) is 7.91. The Labute approximate surface area is 222 Å². The van der Waals surface area contributed by atoms with Crippen molar-refractivity contribution in [1.29, 1.82) is 0 Å². The molecule has 0 saturated heterocycles. The van der Waals surface area contributed by atoms with Crippen LogP contribution in [0.5, 0.6) is 5.75 Å². The maximum atomic E-state index is 13.7. The van der Waals surface area contributed by atoms with Gasteiger partial charge in [0.15, 0.2) is 0 Å². The molecule has 194 valence electrons. The predicted octanol–water partition coefficient (Wildman–Crippen LogP) is 5.73.